The Labute approximate surface area is 146 Å². The number of pyridine rings is 1. The van der Waals surface area contributed by atoms with Gasteiger partial charge in [0.1, 0.15) is 11.3 Å². The number of rotatable bonds is 3. The largest absolute Gasteiger partial charge is 0.508 e. The summed E-state index contributed by atoms with van der Waals surface area (Å²) in [4.78, 5) is 19.3. The standard InChI is InChI=1S/C17H12ClN5O2/c18-11-1-3-13-9(6-11)5-10(16(25)20-13)8-19-17-21-14-4-2-12(24)7-15(14)22-23-17/h1-7,24H,8H2,(H,20,25)(H,19,21,23). The fourth-order valence-electron chi connectivity index (χ4n) is 2.53. The molecule has 8 heteroatoms. The highest BCUT2D eigenvalue weighted by Crippen LogP contribution is 2.18. The third-order valence-electron chi connectivity index (χ3n) is 3.76. The molecule has 0 saturated carbocycles. The van der Waals surface area contributed by atoms with E-state index in [1.54, 1.807) is 30.3 Å². The molecule has 0 amide bonds. The van der Waals surface area contributed by atoms with Crippen molar-refractivity contribution in [1.82, 2.24) is 20.2 Å². The van der Waals surface area contributed by atoms with Crippen LogP contribution in [0, 0.1) is 0 Å². The minimum Gasteiger partial charge on any atom is -0.508 e. The van der Waals surface area contributed by atoms with Gasteiger partial charge in [-0.25, -0.2) is 4.98 Å². The average Bonchev–Trinajstić information content (AvgIpc) is 2.60. The van der Waals surface area contributed by atoms with E-state index >= 15 is 0 Å². The van der Waals surface area contributed by atoms with Gasteiger partial charge < -0.3 is 15.4 Å². The van der Waals surface area contributed by atoms with Crippen LogP contribution in [0.3, 0.4) is 0 Å². The molecular weight excluding hydrogens is 342 g/mol. The van der Waals surface area contributed by atoms with E-state index in [-0.39, 0.29) is 17.9 Å². The van der Waals surface area contributed by atoms with Crippen molar-refractivity contribution in [2.75, 3.05) is 5.32 Å². The highest BCUT2D eigenvalue weighted by Gasteiger charge is 2.06. The van der Waals surface area contributed by atoms with E-state index in [0.29, 0.717) is 27.6 Å². The van der Waals surface area contributed by atoms with Crippen LogP contribution in [-0.4, -0.2) is 25.3 Å². The normalized spacial score (nSPS) is 11.1. The number of benzene rings is 2. The summed E-state index contributed by atoms with van der Waals surface area (Å²) in [7, 11) is 0. The van der Waals surface area contributed by atoms with E-state index in [1.807, 2.05) is 0 Å². The molecular formula is C17H12ClN5O2. The molecule has 3 N–H and O–H groups in total. The maximum absolute atomic E-state index is 12.2. The number of nitrogens with one attached hydrogen (secondary N) is 2. The number of phenolic OH excluding ortho intramolecular Hbond substituents is 1. The second-order valence-electron chi connectivity index (χ2n) is 5.52. The molecule has 0 saturated heterocycles. The molecule has 2 aromatic carbocycles. The van der Waals surface area contributed by atoms with Crippen molar-refractivity contribution in [3.8, 4) is 5.75 Å². The Balaban J connectivity index is 1.62. The Bertz CT molecular complexity index is 1160. The molecule has 0 spiro atoms. The van der Waals surface area contributed by atoms with Crippen LogP contribution in [-0.2, 0) is 6.54 Å². The van der Waals surface area contributed by atoms with Crippen molar-refractivity contribution in [3.05, 3.63) is 63.4 Å². The van der Waals surface area contributed by atoms with Crippen molar-refractivity contribution in [3.63, 3.8) is 0 Å². The number of aromatic hydroxyl groups is 1. The van der Waals surface area contributed by atoms with Gasteiger partial charge >= 0.3 is 0 Å². The maximum Gasteiger partial charge on any atom is 0.253 e. The van der Waals surface area contributed by atoms with Crippen LogP contribution in [0.4, 0.5) is 5.95 Å². The molecule has 0 bridgehead atoms. The smallest absolute Gasteiger partial charge is 0.253 e. The monoisotopic (exact) mass is 353 g/mol. The number of H-pyrrole nitrogens is 1. The van der Waals surface area contributed by atoms with Crippen molar-refractivity contribution in [1.29, 1.82) is 0 Å². The van der Waals surface area contributed by atoms with Crippen molar-refractivity contribution in [2.45, 2.75) is 6.54 Å². The molecule has 0 aliphatic carbocycles. The van der Waals surface area contributed by atoms with Crippen LogP contribution in [0.2, 0.25) is 5.02 Å². The van der Waals surface area contributed by atoms with E-state index in [1.165, 1.54) is 12.1 Å². The van der Waals surface area contributed by atoms with Crippen molar-refractivity contribution >= 4 is 39.5 Å². The summed E-state index contributed by atoms with van der Waals surface area (Å²) in [6, 6.07) is 11.7. The lowest BCUT2D eigenvalue weighted by Crippen LogP contribution is -2.16. The number of phenols is 1. The van der Waals surface area contributed by atoms with Crippen molar-refractivity contribution in [2.24, 2.45) is 0 Å². The molecule has 7 nitrogen and oxygen atoms in total. The van der Waals surface area contributed by atoms with Gasteiger partial charge in [0.15, 0.2) is 0 Å². The number of halogens is 1. The molecule has 4 rings (SSSR count). The van der Waals surface area contributed by atoms with E-state index in [2.05, 4.69) is 25.5 Å². The zero-order chi connectivity index (χ0) is 17.4. The molecule has 2 aromatic heterocycles. The summed E-state index contributed by atoms with van der Waals surface area (Å²) in [6.45, 7) is 0.239. The summed E-state index contributed by atoms with van der Waals surface area (Å²) in [5.41, 5.74) is 2.14. The fourth-order valence-corrected chi connectivity index (χ4v) is 2.71. The van der Waals surface area contributed by atoms with Gasteiger partial charge in [-0.2, -0.15) is 0 Å². The lowest BCUT2D eigenvalue weighted by atomic mass is 10.1. The number of hydrogen-bond donors (Lipinski definition) is 3. The zero-order valence-corrected chi connectivity index (χ0v) is 13.6. The van der Waals surface area contributed by atoms with Crippen LogP contribution < -0.4 is 10.9 Å². The number of fused-ring (bicyclic) bond motifs is 2. The average molecular weight is 354 g/mol. The second-order valence-corrected chi connectivity index (χ2v) is 5.95. The van der Waals surface area contributed by atoms with Gasteiger partial charge in [0.2, 0.25) is 5.95 Å². The Morgan fingerprint density at radius 1 is 1.08 bits per heavy atom. The van der Waals surface area contributed by atoms with Crippen LogP contribution in [0.15, 0.2) is 47.3 Å². The number of aromatic nitrogens is 4. The molecule has 4 aromatic rings. The van der Waals surface area contributed by atoms with Crippen LogP contribution in [0.1, 0.15) is 5.56 Å². The topological polar surface area (TPSA) is 104 Å². The van der Waals surface area contributed by atoms with Gasteiger partial charge in [-0.1, -0.05) is 11.6 Å². The minimum absolute atomic E-state index is 0.102. The number of anilines is 1. The predicted molar refractivity (Wildman–Crippen MR) is 95.9 cm³/mol. The first kappa shape index (κ1) is 15.3. The Kier molecular flexibility index (Phi) is 3.70. The molecule has 2 heterocycles. The molecule has 0 unspecified atom stereocenters. The quantitative estimate of drug-likeness (QED) is 0.523. The molecule has 0 radical (unpaired) electrons. The predicted octanol–water partition coefficient (Wildman–Crippen LogP) is 2.84. The van der Waals surface area contributed by atoms with Gasteiger partial charge in [0.05, 0.1) is 5.52 Å². The highest BCUT2D eigenvalue weighted by molar-refractivity contribution is 6.31. The van der Waals surface area contributed by atoms with Crippen LogP contribution in [0.25, 0.3) is 21.9 Å². The first-order valence-electron chi connectivity index (χ1n) is 7.47. The maximum atomic E-state index is 12.2. The van der Waals surface area contributed by atoms with E-state index in [0.717, 1.165) is 10.9 Å². The summed E-state index contributed by atoms with van der Waals surface area (Å²) in [6.07, 6.45) is 0. The Hall–Kier alpha value is -3.19. The third kappa shape index (κ3) is 3.09. The molecule has 0 fully saturated rings. The van der Waals surface area contributed by atoms with Gasteiger partial charge in [0.25, 0.3) is 5.56 Å². The summed E-state index contributed by atoms with van der Waals surface area (Å²) in [5, 5.41) is 21.8. The molecule has 0 atom stereocenters. The van der Waals surface area contributed by atoms with Gasteiger partial charge in [-0.05, 0) is 36.4 Å². The van der Waals surface area contributed by atoms with Gasteiger partial charge in [-0.3, -0.25) is 4.79 Å². The fraction of sp³-hybridized carbons (Fsp3) is 0.0588. The van der Waals surface area contributed by atoms with Crippen LogP contribution >= 0.6 is 11.6 Å². The minimum atomic E-state index is -0.194. The number of aromatic amines is 1. The Morgan fingerprint density at radius 3 is 2.84 bits per heavy atom. The molecule has 0 aliphatic heterocycles. The van der Waals surface area contributed by atoms with Gasteiger partial charge in [-0.15, -0.1) is 10.2 Å². The number of hydrogen-bond acceptors (Lipinski definition) is 6. The summed E-state index contributed by atoms with van der Waals surface area (Å²) < 4.78 is 0. The molecule has 0 aliphatic rings. The lowest BCUT2D eigenvalue weighted by Gasteiger charge is -2.06. The first-order valence-corrected chi connectivity index (χ1v) is 7.85. The van der Waals surface area contributed by atoms with Crippen molar-refractivity contribution < 1.29 is 5.11 Å². The van der Waals surface area contributed by atoms with E-state index in [4.69, 9.17) is 11.6 Å². The molecule has 25 heavy (non-hydrogen) atoms. The number of nitrogens with zero attached hydrogens (tertiary/aromatic N) is 3. The highest BCUT2D eigenvalue weighted by atomic mass is 35.5. The Morgan fingerprint density at radius 2 is 1.96 bits per heavy atom. The third-order valence-corrected chi connectivity index (χ3v) is 3.99. The second kappa shape index (κ2) is 6.03. The lowest BCUT2D eigenvalue weighted by molar-refractivity contribution is 0.476. The van der Waals surface area contributed by atoms with E-state index in [9.17, 15) is 9.90 Å². The first-order chi connectivity index (χ1) is 12.1. The van der Waals surface area contributed by atoms with E-state index < -0.39 is 0 Å². The SMILES string of the molecule is O=c1[nH]c2ccc(Cl)cc2cc1CNc1nnc2cc(O)ccc2n1. The summed E-state index contributed by atoms with van der Waals surface area (Å²) in [5.74, 6) is 0.398. The molecule has 124 valence electrons. The summed E-state index contributed by atoms with van der Waals surface area (Å²) >= 11 is 6.00. The zero-order valence-electron chi connectivity index (χ0n) is 12.8. The van der Waals surface area contributed by atoms with Crippen LogP contribution in [0.5, 0.6) is 5.75 Å². The van der Waals surface area contributed by atoms with Gasteiger partial charge in [0, 0.05) is 34.1 Å².